The Bertz CT molecular complexity index is 551. The van der Waals surface area contributed by atoms with Gasteiger partial charge in [-0.2, -0.15) is 0 Å². The average molecular weight is 277 g/mol. The Kier molecular flexibility index (Phi) is 4.37. The normalized spacial score (nSPS) is 10.8. The van der Waals surface area contributed by atoms with Gasteiger partial charge >= 0.3 is 0 Å². The number of hydrogen-bond donors (Lipinski definition) is 1. The van der Waals surface area contributed by atoms with Crippen molar-refractivity contribution in [3.8, 4) is 5.75 Å². The van der Waals surface area contributed by atoms with Gasteiger partial charge in [0.2, 0.25) is 5.13 Å². The Morgan fingerprint density at radius 2 is 2.11 bits per heavy atom. The van der Waals surface area contributed by atoms with E-state index in [-0.39, 0.29) is 0 Å². The van der Waals surface area contributed by atoms with Gasteiger partial charge in [0.1, 0.15) is 12.4 Å². The van der Waals surface area contributed by atoms with Crippen LogP contribution in [0, 0.1) is 6.92 Å². The van der Waals surface area contributed by atoms with Crippen LogP contribution in [-0.4, -0.2) is 17.2 Å². The van der Waals surface area contributed by atoms with E-state index in [1.165, 1.54) is 22.5 Å². The molecule has 0 aliphatic carbocycles. The van der Waals surface area contributed by atoms with Crippen LogP contribution >= 0.6 is 11.3 Å². The molecular formula is C14H19N3OS. The average Bonchev–Trinajstić information content (AvgIpc) is 2.84. The summed E-state index contributed by atoms with van der Waals surface area (Å²) in [5.74, 6) is 1.42. The second-order valence-corrected chi connectivity index (χ2v) is 5.77. The molecule has 0 atom stereocenters. The monoisotopic (exact) mass is 277 g/mol. The molecule has 1 N–H and O–H groups in total. The first-order valence-corrected chi connectivity index (χ1v) is 7.15. The maximum atomic E-state index is 5.75. The van der Waals surface area contributed by atoms with E-state index in [1.54, 1.807) is 0 Å². The summed E-state index contributed by atoms with van der Waals surface area (Å²) < 4.78 is 5.75. The van der Waals surface area contributed by atoms with Crippen molar-refractivity contribution in [2.24, 2.45) is 0 Å². The zero-order chi connectivity index (χ0) is 13.8. The summed E-state index contributed by atoms with van der Waals surface area (Å²) in [6.45, 7) is 6.97. The summed E-state index contributed by atoms with van der Waals surface area (Å²) in [6.07, 6.45) is 0. The third-order valence-corrected chi connectivity index (χ3v) is 3.82. The van der Waals surface area contributed by atoms with Gasteiger partial charge in [-0.3, -0.25) is 0 Å². The highest BCUT2D eigenvalue weighted by atomic mass is 32.1. The standard InChI is InChI=1S/C14H19N3OS/c1-9(2)12-6-5-11(7-10(12)3)18-8-13-16-17-14(15-4)19-13/h5-7,9H,8H2,1-4H3,(H,15,17). The fourth-order valence-electron chi connectivity index (χ4n) is 1.94. The maximum Gasteiger partial charge on any atom is 0.205 e. The van der Waals surface area contributed by atoms with Crippen LogP contribution in [0.25, 0.3) is 0 Å². The van der Waals surface area contributed by atoms with E-state index in [1.807, 2.05) is 13.1 Å². The zero-order valence-corrected chi connectivity index (χ0v) is 12.5. The first-order valence-electron chi connectivity index (χ1n) is 6.33. The van der Waals surface area contributed by atoms with Crippen LogP contribution in [0.4, 0.5) is 5.13 Å². The van der Waals surface area contributed by atoms with Crippen molar-refractivity contribution < 1.29 is 4.74 Å². The number of hydrogen-bond acceptors (Lipinski definition) is 5. The number of benzene rings is 1. The summed E-state index contributed by atoms with van der Waals surface area (Å²) >= 11 is 1.51. The van der Waals surface area contributed by atoms with Crippen LogP contribution in [0.3, 0.4) is 0 Å². The molecule has 0 radical (unpaired) electrons. The lowest BCUT2D eigenvalue weighted by Gasteiger charge is -2.11. The third-order valence-electron chi connectivity index (χ3n) is 2.91. The topological polar surface area (TPSA) is 47.0 Å². The Morgan fingerprint density at radius 3 is 2.68 bits per heavy atom. The third kappa shape index (κ3) is 3.44. The summed E-state index contributed by atoms with van der Waals surface area (Å²) in [4.78, 5) is 0. The Morgan fingerprint density at radius 1 is 1.32 bits per heavy atom. The van der Waals surface area contributed by atoms with Crippen LogP contribution in [0.5, 0.6) is 5.75 Å². The van der Waals surface area contributed by atoms with E-state index in [4.69, 9.17) is 4.74 Å². The van der Waals surface area contributed by atoms with Crippen molar-refractivity contribution in [3.05, 3.63) is 34.3 Å². The number of aryl methyl sites for hydroxylation is 1. The lowest BCUT2D eigenvalue weighted by Crippen LogP contribution is -1.97. The van der Waals surface area contributed by atoms with E-state index in [0.717, 1.165) is 15.9 Å². The van der Waals surface area contributed by atoms with Gasteiger partial charge < -0.3 is 10.1 Å². The summed E-state index contributed by atoms with van der Waals surface area (Å²) in [6, 6.07) is 6.23. The molecule has 102 valence electrons. The Balaban J connectivity index is 2.01. The van der Waals surface area contributed by atoms with Gasteiger partial charge in [0.25, 0.3) is 0 Å². The number of nitrogens with zero attached hydrogens (tertiary/aromatic N) is 2. The van der Waals surface area contributed by atoms with Crippen molar-refractivity contribution in [2.45, 2.75) is 33.3 Å². The molecule has 0 fully saturated rings. The SMILES string of the molecule is CNc1nnc(COc2ccc(C(C)C)c(C)c2)s1. The van der Waals surface area contributed by atoms with Crippen molar-refractivity contribution in [2.75, 3.05) is 12.4 Å². The number of anilines is 1. The van der Waals surface area contributed by atoms with Crippen molar-refractivity contribution in [3.63, 3.8) is 0 Å². The van der Waals surface area contributed by atoms with E-state index >= 15 is 0 Å². The lowest BCUT2D eigenvalue weighted by molar-refractivity contribution is 0.304. The highest BCUT2D eigenvalue weighted by molar-refractivity contribution is 7.15. The van der Waals surface area contributed by atoms with E-state index < -0.39 is 0 Å². The Hall–Kier alpha value is -1.62. The molecule has 4 nitrogen and oxygen atoms in total. The number of rotatable bonds is 5. The molecule has 0 bridgehead atoms. The van der Waals surface area contributed by atoms with Gasteiger partial charge in [-0.15, -0.1) is 10.2 Å². The molecule has 0 saturated heterocycles. The van der Waals surface area contributed by atoms with Crippen molar-refractivity contribution in [1.29, 1.82) is 0 Å². The van der Waals surface area contributed by atoms with Crippen LogP contribution in [-0.2, 0) is 6.61 Å². The van der Waals surface area contributed by atoms with Gasteiger partial charge in [-0.25, -0.2) is 0 Å². The first-order chi connectivity index (χ1) is 9.10. The Labute approximate surface area is 117 Å². The summed E-state index contributed by atoms with van der Waals surface area (Å²) in [5, 5.41) is 12.7. The van der Waals surface area contributed by atoms with Crippen LogP contribution in [0.1, 0.15) is 35.9 Å². The molecule has 19 heavy (non-hydrogen) atoms. The van der Waals surface area contributed by atoms with E-state index in [2.05, 4.69) is 48.4 Å². The smallest absolute Gasteiger partial charge is 0.205 e. The molecule has 2 rings (SSSR count). The summed E-state index contributed by atoms with van der Waals surface area (Å²) in [5.41, 5.74) is 2.63. The lowest BCUT2D eigenvalue weighted by atomic mass is 9.98. The van der Waals surface area contributed by atoms with Gasteiger partial charge in [0.15, 0.2) is 5.01 Å². The van der Waals surface area contributed by atoms with Gasteiger partial charge in [-0.1, -0.05) is 31.3 Å². The van der Waals surface area contributed by atoms with Gasteiger partial charge in [0, 0.05) is 7.05 Å². The van der Waals surface area contributed by atoms with Crippen LogP contribution in [0.2, 0.25) is 0 Å². The highest BCUT2D eigenvalue weighted by Gasteiger charge is 2.06. The molecule has 5 heteroatoms. The summed E-state index contributed by atoms with van der Waals surface area (Å²) in [7, 11) is 1.83. The minimum atomic E-state index is 0.458. The molecule has 0 saturated carbocycles. The fourth-order valence-corrected chi connectivity index (χ4v) is 2.55. The molecule has 0 spiro atoms. The number of nitrogens with one attached hydrogen (secondary N) is 1. The van der Waals surface area contributed by atoms with Crippen LogP contribution < -0.4 is 10.1 Å². The molecule has 0 unspecified atom stereocenters. The maximum absolute atomic E-state index is 5.75. The molecule has 1 heterocycles. The largest absolute Gasteiger partial charge is 0.486 e. The predicted octanol–water partition coefficient (Wildman–Crippen LogP) is 3.59. The molecule has 0 aliphatic rings. The first kappa shape index (κ1) is 13.8. The van der Waals surface area contributed by atoms with E-state index in [9.17, 15) is 0 Å². The molecule has 0 amide bonds. The molecule has 2 aromatic rings. The molecule has 1 aromatic carbocycles. The highest BCUT2D eigenvalue weighted by Crippen LogP contribution is 2.24. The molecular weight excluding hydrogens is 258 g/mol. The van der Waals surface area contributed by atoms with E-state index in [0.29, 0.717) is 12.5 Å². The van der Waals surface area contributed by atoms with Crippen molar-refractivity contribution >= 4 is 16.5 Å². The second kappa shape index (κ2) is 6.02. The second-order valence-electron chi connectivity index (χ2n) is 4.71. The minimum absolute atomic E-state index is 0.458. The molecule has 1 aromatic heterocycles. The number of aromatic nitrogens is 2. The van der Waals surface area contributed by atoms with Gasteiger partial charge in [0.05, 0.1) is 0 Å². The zero-order valence-electron chi connectivity index (χ0n) is 11.7. The van der Waals surface area contributed by atoms with Crippen LogP contribution in [0.15, 0.2) is 18.2 Å². The number of ether oxygens (including phenoxy) is 1. The predicted molar refractivity (Wildman–Crippen MR) is 79.1 cm³/mol. The molecule has 0 aliphatic heterocycles. The van der Waals surface area contributed by atoms with Gasteiger partial charge in [-0.05, 0) is 36.1 Å². The fraction of sp³-hybridized carbons (Fsp3) is 0.429. The quantitative estimate of drug-likeness (QED) is 0.907. The van der Waals surface area contributed by atoms with Crippen molar-refractivity contribution in [1.82, 2.24) is 10.2 Å². The minimum Gasteiger partial charge on any atom is -0.486 e.